The van der Waals surface area contributed by atoms with Gasteiger partial charge >= 0.3 is 5.97 Å². The van der Waals surface area contributed by atoms with Crippen molar-refractivity contribution in [2.75, 3.05) is 6.26 Å². The van der Waals surface area contributed by atoms with Gasteiger partial charge in [0.05, 0.1) is 29.5 Å². The molecule has 194 valence electrons. The van der Waals surface area contributed by atoms with Crippen LogP contribution in [0.3, 0.4) is 0 Å². The van der Waals surface area contributed by atoms with Crippen molar-refractivity contribution >= 4 is 51.3 Å². The van der Waals surface area contributed by atoms with Crippen LogP contribution in [0.1, 0.15) is 24.3 Å². The van der Waals surface area contributed by atoms with Crippen LogP contribution in [-0.2, 0) is 32.4 Å². The summed E-state index contributed by atoms with van der Waals surface area (Å²) in [5, 5.41) is 20.9. The van der Waals surface area contributed by atoms with Crippen LogP contribution in [0.2, 0.25) is 0 Å². The van der Waals surface area contributed by atoms with Crippen molar-refractivity contribution in [1.29, 1.82) is 0 Å². The number of thioether (sulfide) groups is 1. The normalized spacial score (nSPS) is 21.8. The fraction of sp³-hybridized carbons (Fsp3) is 0.360. The number of carboxylic acid groups (broad SMARTS) is 1. The molecule has 10 nitrogen and oxygen atoms in total. The number of carboxylic acids is 1. The third-order valence-electron chi connectivity index (χ3n) is 6.82. The fourth-order valence-electron chi connectivity index (χ4n) is 5.23. The third-order valence-corrected chi connectivity index (χ3v) is 8.91. The number of hydrogen-bond acceptors (Lipinski definition) is 7. The molecule has 2 amide bonds. The number of aliphatic hydroxyl groups excluding tert-OH is 1. The van der Waals surface area contributed by atoms with Crippen LogP contribution in [0.15, 0.2) is 53.6 Å². The topological polar surface area (TPSA) is 124 Å². The van der Waals surface area contributed by atoms with E-state index in [1.54, 1.807) is 13.3 Å². The second kappa shape index (κ2) is 9.93. The van der Waals surface area contributed by atoms with Gasteiger partial charge in [0.1, 0.15) is 11.9 Å². The number of fused-ring (bicyclic) bond motifs is 2. The van der Waals surface area contributed by atoms with Crippen LogP contribution in [0, 0.1) is 11.8 Å². The Hall–Kier alpha value is -3.19. The van der Waals surface area contributed by atoms with Gasteiger partial charge in [-0.25, -0.2) is 14.8 Å². The number of hydroxylamine groups is 1. The van der Waals surface area contributed by atoms with Crippen molar-refractivity contribution in [2.24, 2.45) is 11.8 Å². The maximum Gasteiger partial charge on any atom is 0.352 e. The summed E-state index contributed by atoms with van der Waals surface area (Å²) >= 11 is 2.89. The number of hydrogen-bond donors (Lipinski definition) is 3. The number of β-lactam (4-membered cyclic amide) rings is 1. The molecule has 0 radical (unpaired) electrons. The monoisotopic (exact) mass is 543 g/mol. The number of nitrogens with zero attached hydrogens (tertiary/aromatic N) is 3. The van der Waals surface area contributed by atoms with Gasteiger partial charge in [0.2, 0.25) is 15.8 Å². The average molecular weight is 544 g/mol. The number of aliphatic hydroxyl groups is 1. The van der Waals surface area contributed by atoms with Crippen molar-refractivity contribution < 1.29 is 34.0 Å². The predicted octanol–water partition coefficient (Wildman–Crippen LogP) is 1.91. The molecule has 4 heterocycles. The van der Waals surface area contributed by atoms with Crippen LogP contribution >= 0.6 is 23.1 Å². The summed E-state index contributed by atoms with van der Waals surface area (Å²) in [6, 6.07) is 9.15. The van der Waals surface area contributed by atoms with Gasteiger partial charge in [0, 0.05) is 11.5 Å². The zero-order valence-electron chi connectivity index (χ0n) is 20.5. The van der Waals surface area contributed by atoms with E-state index in [4.69, 9.17) is 4.84 Å². The lowest BCUT2D eigenvalue weighted by atomic mass is 9.77. The summed E-state index contributed by atoms with van der Waals surface area (Å²) in [7, 11) is 0. The Morgan fingerprint density at radius 2 is 2.03 bits per heavy atom. The summed E-state index contributed by atoms with van der Waals surface area (Å²) in [4.78, 5) is 45.6. The lowest BCUT2D eigenvalue weighted by molar-refractivity contribution is -0.718. The molecular weight excluding hydrogens is 516 g/mol. The lowest BCUT2D eigenvalue weighted by Crippen LogP contribution is -2.63. The third kappa shape index (κ3) is 4.33. The van der Waals surface area contributed by atoms with Crippen LogP contribution in [-0.4, -0.2) is 55.7 Å². The maximum absolute atomic E-state index is 12.7. The predicted molar refractivity (Wildman–Crippen MR) is 136 cm³/mol. The highest BCUT2D eigenvalue weighted by molar-refractivity contribution is 7.98. The van der Waals surface area contributed by atoms with Gasteiger partial charge in [0.15, 0.2) is 6.54 Å². The smallest absolute Gasteiger partial charge is 0.352 e. The standard InChI is InChI=1S/C25H26N4O6S2/c1-13-18(21(25(33)34)29-20(13)19(14(2)30)22(29)32)16-9-27-12-28(23(36-3)24(27)37-16)10-17(31)26-35-11-15-7-5-4-6-8-15/h4-9,12-14,19-20,30H,10-11H2,1-3H3,(H-,26,31,33,34)/p+1/t13-,14+,19+,20+/m0/s1. The molecule has 2 aliphatic heterocycles. The minimum Gasteiger partial charge on any atom is -0.477 e. The van der Waals surface area contributed by atoms with Gasteiger partial charge in [-0.2, -0.15) is 4.40 Å². The van der Waals surface area contributed by atoms with E-state index >= 15 is 0 Å². The van der Waals surface area contributed by atoms with Gasteiger partial charge in [-0.15, -0.1) is 0 Å². The Balaban J connectivity index is 1.37. The van der Waals surface area contributed by atoms with Gasteiger partial charge in [-0.05, 0) is 18.7 Å². The second-order valence-corrected chi connectivity index (χ2v) is 11.0. The number of carbonyl (C=O) groups is 3. The largest absolute Gasteiger partial charge is 0.477 e. The highest BCUT2D eigenvalue weighted by atomic mass is 32.2. The molecular formula is C25H27N4O6S2+. The zero-order valence-corrected chi connectivity index (χ0v) is 22.1. The second-order valence-electron chi connectivity index (χ2n) is 9.18. The minimum atomic E-state index is -1.16. The van der Waals surface area contributed by atoms with E-state index in [0.29, 0.717) is 5.57 Å². The number of imidazole rings is 1. The molecule has 0 bridgehead atoms. The first-order chi connectivity index (χ1) is 17.7. The molecule has 0 spiro atoms. The number of amides is 2. The lowest BCUT2D eigenvalue weighted by Gasteiger charge is -2.46. The Labute approximate surface area is 221 Å². The molecule has 3 N–H and O–H groups in total. The molecule has 1 fully saturated rings. The van der Waals surface area contributed by atoms with Crippen LogP contribution in [0.5, 0.6) is 0 Å². The van der Waals surface area contributed by atoms with E-state index < -0.39 is 18.0 Å². The van der Waals surface area contributed by atoms with Gasteiger partial charge in [0.25, 0.3) is 12.2 Å². The van der Waals surface area contributed by atoms with Crippen molar-refractivity contribution in [2.45, 2.75) is 44.2 Å². The summed E-state index contributed by atoms with van der Waals surface area (Å²) < 4.78 is 3.68. The number of benzene rings is 1. The summed E-state index contributed by atoms with van der Waals surface area (Å²) in [5.74, 6) is -2.68. The molecule has 37 heavy (non-hydrogen) atoms. The first-order valence-electron chi connectivity index (χ1n) is 11.7. The van der Waals surface area contributed by atoms with Gasteiger partial charge in [-0.1, -0.05) is 60.4 Å². The van der Waals surface area contributed by atoms with Crippen molar-refractivity contribution in [1.82, 2.24) is 14.8 Å². The van der Waals surface area contributed by atoms with Gasteiger partial charge in [-0.3, -0.25) is 14.4 Å². The van der Waals surface area contributed by atoms with E-state index in [1.165, 1.54) is 28.0 Å². The van der Waals surface area contributed by atoms with E-state index in [0.717, 1.165) is 20.3 Å². The Bertz CT molecular complexity index is 1410. The van der Waals surface area contributed by atoms with Crippen molar-refractivity contribution in [3.63, 3.8) is 0 Å². The number of nitrogens with one attached hydrogen (secondary N) is 1. The number of rotatable bonds is 9. The van der Waals surface area contributed by atoms with Gasteiger partial charge < -0.3 is 15.1 Å². The van der Waals surface area contributed by atoms with Crippen molar-refractivity contribution in [3.05, 3.63) is 59.0 Å². The molecule has 5 rings (SSSR count). The zero-order chi connectivity index (χ0) is 26.4. The molecule has 0 unspecified atom stereocenters. The fourth-order valence-corrected chi connectivity index (χ4v) is 7.41. The highest BCUT2D eigenvalue weighted by Crippen LogP contribution is 2.51. The number of thiazole rings is 1. The first-order valence-corrected chi connectivity index (χ1v) is 13.8. The van der Waals surface area contributed by atoms with E-state index in [2.05, 4.69) is 5.48 Å². The number of aliphatic carboxylic acids is 1. The van der Waals surface area contributed by atoms with E-state index in [1.807, 2.05) is 58.7 Å². The first kappa shape index (κ1) is 25.5. The summed E-state index contributed by atoms with van der Waals surface area (Å²) in [5.41, 5.74) is 4.00. The average Bonchev–Trinajstić information content (AvgIpc) is 3.46. The summed E-state index contributed by atoms with van der Waals surface area (Å²) in [6.07, 6.45) is 4.68. The Kier molecular flexibility index (Phi) is 6.84. The molecule has 1 saturated heterocycles. The number of aromatic nitrogens is 2. The maximum atomic E-state index is 12.7. The van der Waals surface area contributed by atoms with Crippen LogP contribution in [0.4, 0.5) is 0 Å². The quantitative estimate of drug-likeness (QED) is 0.163. The highest BCUT2D eigenvalue weighted by Gasteiger charge is 2.60. The molecule has 3 aromatic rings. The van der Waals surface area contributed by atoms with E-state index in [9.17, 15) is 24.6 Å². The molecule has 2 aliphatic rings. The van der Waals surface area contributed by atoms with E-state index in [-0.39, 0.29) is 42.6 Å². The minimum absolute atomic E-state index is 0.0163. The number of carbonyl (C=O) groups excluding carboxylic acids is 2. The van der Waals surface area contributed by atoms with Crippen molar-refractivity contribution in [3.8, 4) is 0 Å². The summed E-state index contributed by atoms with van der Waals surface area (Å²) in [6.45, 7) is 3.77. The Morgan fingerprint density at radius 3 is 2.68 bits per heavy atom. The molecule has 1 aromatic carbocycles. The Morgan fingerprint density at radius 1 is 1.30 bits per heavy atom. The molecule has 0 saturated carbocycles. The molecule has 12 heteroatoms. The SMILES string of the molecule is CSc1c2sc(C3=C(C(=O)O)N4C(=O)[C@H]([C@@H](C)O)[C@H]4[C@H]3C)cn2c[n+]1CC(=O)NOCc1ccccc1. The molecule has 4 atom stereocenters. The molecule has 2 aromatic heterocycles. The molecule has 0 aliphatic carbocycles. The van der Waals surface area contributed by atoms with Crippen LogP contribution in [0.25, 0.3) is 10.4 Å². The van der Waals surface area contributed by atoms with Crippen LogP contribution < -0.4 is 10.0 Å².